The highest BCUT2D eigenvalue weighted by molar-refractivity contribution is 6.31. The molecule has 1 unspecified atom stereocenters. The van der Waals surface area contributed by atoms with Gasteiger partial charge in [-0.3, -0.25) is 4.79 Å². The molecule has 1 aliphatic heterocycles. The molecule has 1 aliphatic rings. The van der Waals surface area contributed by atoms with Crippen LogP contribution < -0.4 is 4.74 Å². The molecule has 6 nitrogen and oxygen atoms in total. The molecule has 8 heteroatoms. The zero-order valence-electron chi connectivity index (χ0n) is 17.7. The lowest BCUT2D eigenvalue weighted by Gasteiger charge is -2.41. The van der Waals surface area contributed by atoms with Crippen molar-refractivity contribution in [3.05, 3.63) is 71.4 Å². The third-order valence-electron chi connectivity index (χ3n) is 5.76. The van der Waals surface area contributed by atoms with Gasteiger partial charge >= 0.3 is 0 Å². The van der Waals surface area contributed by atoms with Crippen LogP contribution in [-0.4, -0.2) is 45.0 Å². The maximum atomic E-state index is 13.7. The Bertz CT molecular complexity index is 1070. The van der Waals surface area contributed by atoms with Gasteiger partial charge in [-0.15, -0.1) is 0 Å². The van der Waals surface area contributed by atoms with Crippen LogP contribution in [0.1, 0.15) is 36.5 Å². The monoisotopic (exact) mass is 454 g/mol. The van der Waals surface area contributed by atoms with Crippen LogP contribution in [-0.2, 0) is 0 Å². The normalized spacial score (nSPS) is 18.4. The number of likely N-dealkylation sites (tertiary alicyclic amines) is 1. The largest absolute Gasteiger partial charge is 0.477 e. The van der Waals surface area contributed by atoms with Gasteiger partial charge in [0.1, 0.15) is 5.82 Å². The van der Waals surface area contributed by atoms with Crippen LogP contribution in [0.15, 0.2) is 55.0 Å². The minimum Gasteiger partial charge on any atom is -0.477 e. The van der Waals surface area contributed by atoms with Crippen LogP contribution in [0, 0.1) is 11.7 Å². The second-order valence-corrected chi connectivity index (χ2v) is 8.20. The zero-order chi connectivity index (χ0) is 22.5. The first-order chi connectivity index (χ1) is 15.6. The summed E-state index contributed by atoms with van der Waals surface area (Å²) >= 11 is 6.25. The van der Waals surface area contributed by atoms with Crippen molar-refractivity contribution < 1.29 is 13.9 Å². The number of amides is 1. The van der Waals surface area contributed by atoms with Crippen LogP contribution in [0.3, 0.4) is 0 Å². The average Bonchev–Trinajstić information content (AvgIpc) is 2.83. The van der Waals surface area contributed by atoms with E-state index in [4.69, 9.17) is 16.3 Å². The molecule has 1 fully saturated rings. The fourth-order valence-corrected chi connectivity index (χ4v) is 4.43. The Kier molecular flexibility index (Phi) is 6.95. The number of hydrogen-bond acceptors (Lipinski definition) is 5. The van der Waals surface area contributed by atoms with E-state index in [1.165, 1.54) is 12.1 Å². The summed E-state index contributed by atoms with van der Waals surface area (Å²) in [5, 5.41) is 0.486. The topological polar surface area (TPSA) is 68.2 Å². The van der Waals surface area contributed by atoms with E-state index in [2.05, 4.69) is 21.9 Å². The van der Waals surface area contributed by atoms with Gasteiger partial charge in [0.2, 0.25) is 5.88 Å². The first-order valence-electron chi connectivity index (χ1n) is 10.7. The van der Waals surface area contributed by atoms with Gasteiger partial charge in [0.25, 0.3) is 5.91 Å². The summed E-state index contributed by atoms with van der Waals surface area (Å²) in [5.74, 6) is 0.507. The summed E-state index contributed by atoms with van der Waals surface area (Å²) in [4.78, 5) is 28.2. The molecule has 0 saturated carbocycles. The standard InChI is InChI=1S/C24H24ClFN4O2/c1-2-21-16(15-32-22-9-7-18(26)14-29-22)5-3-12-30(21)24(31)20-13-17(25)6-8-19(20)23-27-10-4-11-28-23/h4,6-11,13-14,16,21H,2-3,5,12,15H2,1H3/t16-,21?/m1/s1. The lowest BCUT2D eigenvalue weighted by Crippen LogP contribution is -2.49. The number of hydrogen-bond donors (Lipinski definition) is 0. The third-order valence-corrected chi connectivity index (χ3v) is 6.00. The molecule has 0 radical (unpaired) electrons. The maximum Gasteiger partial charge on any atom is 0.254 e. The summed E-state index contributed by atoms with van der Waals surface area (Å²) < 4.78 is 18.9. The van der Waals surface area contributed by atoms with E-state index >= 15 is 0 Å². The number of carbonyl (C=O) groups is 1. The zero-order valence-corrected chi connectivity index (χ0v) is 18.5. The molecular formula is C24H24ClFN4O2. The summed E-state index contributed by atoms with van der Waals surface area (Å²) in [6, 6.07) is 9.79. The van der Waals surface area contributed by atoms with Crippen molar-refractivity contribution in [1.82, 2.24) is 19.9 Å². The number of benzene rings is 1. The molecule has 0 bridgehead atoms. The second-order valence-electron chi connectivity index (χ2n) is 7.76. The van der Waals surface area contributed by atoms with Crippen LogP contribution >= 0.6 is 11.6 Å². The number of pyridine rings is 1. The minimum atomic E-state index is -0.405. The molecule has 2 aromatic heterocycles. The Morgan fingerprint density at radius 1 is 1.22 bits per heavy atom. The fourth-order valence-electron chi connectivity index (χ4n) is 4.26. The highest BCUT2D eigenvalue weighted by atomic mass is 35.5. The number of nitrogens with zero attached hydrogens (tertiary/aromatic N) is 4. The molecule has 2 atom stereocenters. The van der Waals surface area contributed by atoms with Crippen molar-refractivity contribution in [3.8, 4) is 17.3 Å². The van der Waals surface area contributed by atoms with Gasteiger partial charge < -0.3 is 9.64 Å². The van der Waals surface area contributed by atoms with Crippen molar-refractivity contribution in [2.75, 3.05) is 13.2 Å². The average molecular weight is 455 g/mol. The number of aromatic nitrogens is 3. The predicted octanol–water partition coefficient (Wildman–Crippen LogP) is 5.04. The number of piperidine rings is 1. The maximum absolute atomic E-state index is 13.7. The van der Waals surface area contributed by atoms with E-state index in [0.29, 0.717) is 41.0 Å². The van der Waals surface area contributed by atoms with Crippen molar-refractivity contribution in [2.24, 2.45) is 5.92 Å². The van der Waals surface area contributed by atoms with Crippen LogP contribution in [0.25, 0.3) is 11.4 Å². The number of carbonyl (C=O) groups excluding carboxylic acids is 1. The Balaban J connectivity index is 1.56. The van der Waals surface area contributed by atoms with E-state index in [-0.39, 0.29) is 17.9 Å². The van der Waals surface area contributed by atoms with Crippen LogP contribution in [0.4, 0.5) is 4.39 Å². The smallest absolute Gasteiger partial charge is 0.254 e. The van der Waals surface area contributed by atoms with Gasteiger partial charge in [0.15, 0.2) is 5.82 Å². The molecule has 0 aliphatic carbocycles. The van der Waals surface area contributed by atoms with Gasteiger partial charge in [-0.25, -0.2) is 19.3 Å². The summed E-state index contributed by atoms with van der Waals surface area (Å²) in [7, 11) is 0. The SMILES string of the molecule is CCC1[C@@H](COc2ccc(F)cn2)CCCN1C(=O)c1cc(Cl)ccc1-c1ncccn1. The molecule has 1 amide bonds. The molecule has 32 heavy (non-hydrogen) atoms. The highest BCUT2D eigenvalue weighted by Crippen LogP contribution is 2.31. The Labute approximate surface area is 191 Å². The molecule has 4 rings (SSSR count). The summed E-state index contributed by atoms with van der Waals surface area (Å²) in [6.07, 6.45) is 7.03. The lowest BCUT2D eigenvalue weighted by atomic mass is 9.87. The number of ether oxygens (including phenoxy) is 1. The third kappa shape index (κ3) is 4.88. The van der Waals surface area contributed by atoms with Crippen molar-refractivity contribution in [3.63, 3.8) is 0 Å². The van der Waals surface area contributed by atoms with E-state index in [9.17, 15) is 9.18 Å². The van der Waals surface area contributed by atoms with Crippen molar-refractivity contribution in [2.45, 2.75) is 32.2 Å². The molecule has 166 valence electrons. The summed E-state index contributed by atoms with van der Waals surface area (Å²) in [5.41, 5.74) is 1.15. The second kappa shape index (κ2) is 10.0. The predicted molar refractivity (Wildman–Crippen MR) is 120 cm³/mol. The Morgan fingerprint density at radius 3 is 2.75 bits per heavy atom. The van der Waals surface area contributed by atoms with Gasteiger partial charge in [-0.1, -0.05) is 18.5 Å². The van der Waals surface area contributed by atoms with Gasteiger partial charge in [-0.05, 0) is 49.6 Å². The van der Waals surface area contributed by atoms with Gasteiger partial charge in [-0.2, -0.15) is 0 Å². The van der Waals surface area contributed by atoms with Crippen LogP contribution in [0.5, 0.6) is 5.88 Å². The lowest BCUT2D eigenvalue weighted by molar-refractivity contribution is 0.0393. The molecule has 3 heterocycles. The Hall–Kier alpha value is -3.06. The quantitative estimate of drug-likeness (QED) is 0.522. The number of rotatable bonds is 6. The van der Waals surface area contributed by atoms with E-state index in [0.717, 1.165) is 25.5 Å². The molecule has 0 spiro atoms. The molecule has 0 N–H and O–H groups in total. The van der Waals surface area contributed by atoms with Gasteiger partial charge in [0, 0.05) is 47.6 Å². The molecular weight excluding hydrogens is 431 g/mol. The first kappa shape index (κ1) is 22.1. The van der Waals surface area contributed by atoms with E-state index in [1.807, 2.05) is 4.90 Å². The van der Waals surface area contributed by atoms with Crippen molar-refractivity contribution >= 4 is 17.5 Å². The first-order valence-corrected chi connectivity index (χ1v) is 11.1. The molecule has 1 aromatic carbocycles. The van der Waals surface area contributed by atoms with Crippen molar-refractivity contribution in [1.29, 1.82) is 0 Å². The Morgan fingerprint density at radius 2 is 2.03 bits per heavy atom. The molecule has 1 saturated heterocycles. The highest BCUT2D eigenvalue weighted by Gasteiger charge is 2.35. The fraction of sp³-hybridized carbons (Fsp3) is 0.333. The molecule has 3 aromatic rings. The minimum absolute atomic E-state index is 0.000205. The van der Waals surface area contributed by atoms with E-state index in [1.54, 1.807) is 36.7 Å². The van der Waals surface area contributed by atoms with Crippen LogP contribution in [0.2, 0.25) is 5.02 Å². The summed E-state index contributed by atoms with van der Waals surface area (Å²) in [6.45, 7) is 3.13. The van der Waals surface area contributed by atoms with E-state index < -0.39 is 5.82 Å². The van der Waals surface area contributed by atoms with Gasteiger partial charge in [0.05, 0.1) is 18.4 Å². The number of halogens is 2.